The van der Waals surface area contributed by atoms with Gasteiger partial charge in [-0.3, -0.25) is 9.78 Å². The molecule has 1 fully saturated rings. The molecule has 0 saturated carbocycles. The summed E-state index contributed by atoms with van der Waals surface area (Å²) < 4.78 is 0. The molecule has 1 aromatic rings. The first-order valence-electron chi connectivity index (χ1n) is 7.18. The minimum Gasteiger partial charge on any atom is -0.341 e. The topological polar surface area (TPSA) is 45.2 Å². The Bertz CT molecular complexity index is 388. The zero-order valence-electron chi connectivity index (χ0n) is 11.6. The number of likely N-dealkylation sites (tertiary alicyclic amines) is 1. The maximum Gasteiger partial charge on any atom is 0.239 e. The van der Waals surface area contributed by atoms with Crippen LogP contribution in [-0.2, 0) is 11.2 Å². The minimum absolute atomic E-state index is 0.0882. The molecule has 19 heavy (non-hydrogen) atoms. The van der Waals surface area contributed by atoms with E-state index < -0.39 is 0 Å². The van der Waals surface area contributed by atoms with E-state index in [1.807, 2.05) is 24.1 Å². The van der Waals surface area contributed by atoms with E-state index in [-0.39, 0.29) is 11.9 Å². The smallest absolute Gasteiger partial charge is 0.239 e. The third kappa shape index (κ3) is 4.31. The minimum atomic E-state index is -0.0882. The summed E-state index contributed by atoms with van der Waals surface area (Å²) in [5.41, 5.74) is 1.20. The standard InChI is InChI=1S/C15H23N3O/c1-13(15(19)18-10-3-2-4-11-18)17-9-7-14-6-5-8-16-12-14/h5-6,8,12-13,17H,2-4,7,9-11H2,1H3. The van der Waals surface area contributed by atoms with E-state index in [9.17, 15) is 4.79 Å². The summed E-state index contributed by atoms with van der Waals surface area (Å²) in [6.45, 7) is 4.62. The number of aromatic nitrogens is 1. The van der Waals surface area contributed by atoms with Gasteiger partial charge in [0.15, 0.2) is 0 Å². The van der Waals surface area contributed by atoms with Gasteiger partial charge >= 0.3 is 0 Å². The molecule has 2 heterocycles. The van der Waals surface area contributed by atoms with E-state index in [0.717, 1.165) is 38.9 Å². The van der Waals surface area contributed by atoms with Crippen LogP contribution >= 0.6 is 0 Å². The molecule has 1 atom stereocenters. The average Bonchev–Trinajstić information content (AvgIpc) is 2.48. The fourth-order valence-electron chi connectivity index (χ4n) is 2.45. The first-order valence-corrected chi connectivity index (χ1v) is 7.18. The molecule has 2 rings (SSSR count). The third-order valence-electron chi connectivity index (χ3n) is 3.63. The SMILES string of the molecule is CC(NCCc1cccnc1)C(=O)N1CCCCC1. The van der Waals surface area contributed by atoms with Crippen LogP contribution in [0.4, 0.5) is 0 Å². The van der Waals surface area contributed by atoms with E-state index in [0.29, 0.717) is 0 Å². The monoisotopic (exact) mass is 261 g/mol. The average molecular weight is 261 g/mol. The highest BCUT2D eigenvalue weighted by Gasteiger charge is 2.21. The number of rotatable bonds is 5. The van der Waals surface area contributed by atoms with E-state index in [1.54, 1.807) is 6.20 Å². The lowest BCUT2D eigenvalue weighted by Crippen LogP contribution is -2.47. The fraction of sp³-hybridized carbons (Fsp3) is 0.600. The van der Waals surface area contributed by atoms with Crippen molar-refractivity contribution in [3.63, 3.8) is 0 Å². The molecule has 4 heteroatoms. The fourth-order valence-corrected chi connectivity index (χ4v) is 2.45. The van der Waals surface area contributed by atoms with Crippen molar-refractivity contribution < 1.29 is 4.79 Å². The highest BCUT2D eigenvalue weighted by Crippen LogP contribution is 2.09. The van der Waals surface area contributed by atoms with Gasteiger partial charge in [0.2, 0.25) is 5.91 Å². The first-order chi connectivity index (χ1) is 9.27. The highest BCUT2D eigenvalue weighted by molar-refractivity contribution is 5.81. The molecule has 0 bridgehead atoms. The van der Waals surface area contributed by atoms with Crippen LogP contribution in [0.25, 0.3) is 0 Å². The zero-order valence-corrected chi connectivity index (χ0v) is 11.6. The van der Waals surface area contributed by atoms with Gasteiger partial charge in [-0.1, -0.05) is 6.07 Å². The number of hydrogen-bond donors (Lipinski definition) is 1. The van der Waals surface area contributed by atoms with Gasteiger partial charge in [0.05, 0.1) is 6.04 Å². The van der Waals surface area contributed by atoms with Crippen LogP contribution < -0.4 is 5.32 Å². The third-order valence-corrected chi connectivity index (χ3v) is 3.63. The molecule has 4 nitrogen and oxygen atoms in total. The summed E-state index contributed by atoms with van der Waals surface area (Å²) in [6.07, 6.45) is 8.11. The molecule has 1 unspecified atom stereocenters. The van der Waals surface area contributed by atoms with Crippen LogP contribution in [0.1, 0.15) is 31.7 Å². The Kier molecular flexibility index (Phi) is 5.33. The van der Waals surface area contributed by atoms with Crippen molar-refractivity contribution in [3.8, 4) is 0 Å². The summed E-state index contributed by atoms with van der Waals surface area (Å²) in [6, 6.07) is 3.92. The molecule has 1 amide bonds. The number of amides is 1. The van der Waals surface area contributed by atoms with E-state index >= 15 is 0 Å². The van der Waals surface area contributed by atoms with E-state index in [1.165, 1.54) is 12.0 Å². The Labute approximate surface area is 115 Å². The molecule has 1 N–H and O–H groups in total. The van der Waals surface area contributed by atoms with Crippen molar-refractivity contribution in [3.05, 3.63) is 30.1 Å². The molecular weight excluding hydrogens is 238 g/mol. The van der Waals surface area contributed by atoms with Crippen molar-refractivity contribution in [1.82, 2.24) is 15.2 Å². The van der Waals surface area contributed by atoms with Gasteiger partial charge in [-0.05, 0) is 50.8 Å². The Morgan fingerprint density at radius 2 is 2.21 bits per heavy atom. The number of nitrogens with one attached hydrogen (secondary N) is 1. The number of hydrogen-bond acceptors (Lipinski definition) is 3. The summed E-state index contributed by atoms with van der Waals surface area (Å²) in [5, 5.41) is 3.31. The number of pyridine rings is 1. The predicted molar refractivity (Wildman–Crippen MR) is 75.8 cm³/mol. The number of carbonyl (C=O) groups excluding carboxylic acids is 1. The van der Waals surface area contributed by atoms with Crippen molar-refractivity contribution in [2.75, 3.05) is 19.6 Å². The summed E-state index contributed by atoms with van der Waals surface area (Å²) in [7, 11) is 0. The maximum absolute atomic E-state index is 12.2. The van der Waals surface area contributed by atoms with Crippen molar-refractivity contribution >= 4 is 5.91 Å². The maximum atomic E-state index is 12.2. The number of piperidine rings is 1. The molecular formula is C15H23N3O. The van der Waals surface area contributed by atoms with Gasteiger partial charge in [-0.15, -0.1) is 0 Å². The molecule has 1 aliphatic heterocycles. The first kappa shape index (κ1) is 14.0. The van der Waals surface area contributed by atoms with Gasteiger partial charge in [0, 0.05) is 25.5 Å². The van der Waals surface area contributed by atoms with E-state index in [4.69, 9.17) is 0 Å². The van der Waals surface area contributed by atoms with Crippen LogP contribution in [0.15, 0.2) is 24.5 Å². The quantitative estimate of drug-likeness (QED) is 0.876. The highest BCUT2D eigenvalue weighted by atomic mass is 16.2. The summed E-state index contributed by atoms with van der Waals surface area (Å²) >= 11 is 0. The van der Waals surface area contributed by atoms with Crippen LogP contribution in [0.5, 0.6) is 0 Å². The molecule has 0 radical (unpaired) electrons. The Morgan fingerprint density at radius 3 is 2.89 bits per heavy atom. The second-order valence-electron chi connectivity index (χ2n) is 5.17. The summed E-state index contributed by atoms with van der Waals surface area (Å²) in [4.78, 5) is 18.3. The predicted octanol–water partition coefficient (Wildman–Crippen LogP) is 1.61. The van der Waals surface area contributed by atoms with Gasteiger partial charge in [0.1, 0.15) is 0 Å². The lowest BCUT2D eigenvalue weighted by Gasteiger charge is -2.29. The van der Waals surface area contributed by atoms with E-state index in [2.05, 4.69) is 16.4 Å². The largest absolute Gasteiger partial charge is 0.341 e. The van der Waals surface area contributed by atoms with Crippen molar-refractivity contribution in [2.45, 2.75) is 38.6 Å². The molecule has 0 aromatic carbocycles. The second kappa shape index (κ2) is 7.24. The number of nitrogens with zero attached hydrogens (tertiary/aromatic N) is 2. The summed E-state index contributed by atoms with van der Waals surface area (Å²) in [5.74, 6) is 0.242. The van der Waals surface area contributed by atoms with Gasteiger partial charge in [-0.2, -0.15) is 0 Å². The second-order valence-corrected chi connectivity index (χ2v) is 5.17. The normalized spacial score (nSPS) is 17.2. The molecule has 1 aromatic heterocycles. The van der Waals surface area contributed by atoms with Crippen LogP contribution in [0, 0.1) is 0 Å². The van der Waals surface area contributed by atoms with Crippen molar-refractivity contribution in [1.29, 1.82) is 0 Å². The molecule has 104 valence electrons. The lowest BCUT2D eigenvalue weighted by atomic mass is 10.1. The molecule has 1 saturated heterocycles. The van der Waals surface area contributed by atoms with Crippen molar-refractivity contribution in [2.24, 2.45) is 0 Å². The van der Waals surface area contributed by atoms with Gasteiger partial charge in [0.25, 0.3) is 0 Å². The lowest BCUT2D eigenvalue weighted by molar-refractivity contribution is -0.133. The molecule has 1 aliphatic rings. The number of carbonyl (C=O) groups is 1. The van der Waals surface area contributed by atoms with Crippen LogP contribution in [0.2, 0.25) is 0 Å². The Balaban J connectivity index is 1.71. The Hall–Kier alpha value is -1.42. The van der Waals surface area contributed by atoms with Crippen LogP contribution in [-0.4, -0.2) is 41.5 Å². The zero-order chi connectivity index (χ0) is 13.5. The molecule has 0 aliphatic carbocycles. The molecule has 0 spiro atoms. The van der Waals surface area contributed by atoms with Gasteiger partial charge in [-0.25, -0.2) is 0 Å². The Morgan fingerprint density at radius 1 is 1.42 bits per heavy atom. The van der Waals surface area contributed by atoms with Gasteiger partial charge < -0.3 is 10.2 Å². The van der Waals surface area contributed by atoms with Crippen LogP contribution in [0.3, 0.4) is 0 Å².